The maximum atomic E-state index is 12.2. The number of nitrogens with one attached hydrogen (secondary N) is 2. The Morgan fingerprint density at radius 3 is 2.64 bits per heavy atom. The summed E-state index contributed by atoms with van der Waals surface area (Å²) in [5.74, 6) is -0.358. The van der Waals surface area contributed by atoms with Gasteiger partial charge in [-0.2, -0.15) is 0 Å². The lowest BCUT2D eigenvalue weighted by molar-refractivity contribution is -0.119. The molecule has 0 radical (unpaired) electrons. The first-order valence-electron chi connectivity index (χ1n) is 7.18. The lowest BCUT2D eigenvalue weighted by Crippen LogP contribution is -2.44. The molecular formula is C15H20ClN3O3. The van der Waals surface area contributed by atoms with Gasteiger partial charge < -0.3 is 21.1 Å². The Morgan fingerprint density at radius 1 is 1.32 bits per heavy atom. The molecule has 7 heteroatoms. The fourth-order valence-electron chi connectivity index (χ4n) is 2.40. The van der Waals surface area contributed by atoms with Crippen LogP contribution in [-0.4, -0.2) is 31.1 Å². The largest absolute Gasteiger partial charge is 0.381 e. The van der Waals surface area contributed by atoms with E-state index in [1.165, 1.54) is 6.92 Å². The average molecular weight is 326 g/mol. The van der Waals surface area contributed by atoms with Crippen molar-refractivity contribution in [3.8, 4) is 0 Å². The highest BCUT2D eigenvalue weighted by Gasteiger charge is 2.26. The number of amides is 2. The number of hydrogen-bond donors (Lipinski definition) is 3. The van der Waals surface area contributed by atoms with Crippen LogP contribution in [0.2, 0.25) is 5.02 Å². The van der Waals surface area contributed by atoms with Crippen LogP contribution in [0.3, 0.4) is 0 Å². The summed E-state index contributed by atoms with van der Waals surface area (Å²) in [4.78, 5) is 23.4. The van der Waals surface area contributed by atoms with E-state index in [0.29, 0.717) is 29.6 Å². The topological polar surface area (TPSA) is 93.5 Å². The van der Waals surface area contributed by atoms with Gasteiger partial charge in [-0.05, 0) is 37.0 Å². The molecule has 0 spiro atoms. The Morgan fingerprint density at radius 2 is 2.00 bits per heavy atom. The maximum absolute atomic E-state index is 12.2. The highest BCUT2D eigenvalue weighted by Crippen LogP contribution is 2.26. The van der Waals surface area contributed by atoms with Crippen LogP contribution in [0, 0.1) is 5.92 Å². The second kappa shape index (κ2) is 7.58. The number of halogens is 1. The van der Waals surface area contributed by atoms with Crippen molar-refractivity contribution in [3.63, 3.8) is 0 Å². The predicted molar refractivity (Wildman–Crippen MR) is 85.9 cm³/mol. The number of benzene rings is 1. The number of anilines is 2. The monoisotopic (exact) mass is 325 g/mol. The minimum atomic E-state index is -0.580. The van der Waals surface area contributed by atoms with Crippen molar-refractivity contribution in [2.45, 2.75) is 25.8 Å². The van der Waals surface area contributed by atoms with Crippen LogP contribution in [0.5, 0.6) is 0 Å². The Bertz CT molecular complexity index is 559. The van der Waals surface area contributed by atoms with Gasteiger partial charge in [0.05, 0.1) is 16.8 Å². The van der Waals surface area contributed by atoms with Gasteiger partial charge in [0, 0.05) is 25.8 Å². The van der Waals surface area contributed by atoms with Crippen LogP contribution in [-0.2, 0) is 14.3 Å². The lowest BCUT2D eigenvalue weighted by atomic mass is 9.92. The van der Waals surface area contributed by atoms with Crippen molar-refractivity contribution in [1.29, 1.82) is 0 Å². The van der Waals surface area contributed by atoms with Crippen molar-refractivity contribution in [2.24, 2.45) is 11.7 Å². The molecule has 1 aliphatic heterocycles. The second-order valence-electron chi connectivity index (χ2n) is 5.34. The van der Waals surface area contributed by atoms with Gasteiger partial charge in [-0.25, -0.2) is 0 Å². The maximum Gasteiger partial charge on any atom is 0.241 e. The third kappa shape index (κ3) is 4.43. The molecule has 1 saturated heterocycles. The summed E-state index contributed by atoms with van der Waals surface area (Å²) in [6.45, 7) is 2.67. The van der Waals surface area contributed by atoms with Gasteiger partial charge in [0.1, 0.15) is 0 Å². The first-order valence-corrected chi connectivity index (χ1v) is 7.56. The minimum absolute atomic E-state index is 0.121. The van der Waals surface area contributed by atoms with Crippen LogP contribution in [0.4, 0.5) is 11.4 Å². The summed E-state index contributed by atoms with van der Waals surface area (Å²) in [6.07, 6.45) is 1.57. The summed E-state index contributed by atoms with van der Waals surface area (Å²) in [6, 6.07) is 4.31. The van der Waals surface area contributed by atoms with Crippen molar-refractivity contribution in [3.05, 3.63) is 23.2 Å². The third-order valence-corrected chi connectivity index (χ3v) is 3.95. The van der Waals surface area contributed by atoms with Gasteiger partial charge in [0.2, 0.25) is 11.8 Å². The molecule has 2 rings (SSSR count). The van der Waals surface area contributed by atoms with E-state index in [4.69, 9.17) is 22.1 Å². The molecule has 1 fully saturated rings. The summed E-state index contributed by atoms with van der Waals surface area (Å²) < 4.78 is 5.27. The van der Waals surface area contributed by atoms with Gasteiger partial charge in [-0.15, -0.1) is 0 Å². The lowest BCUT2D eigenvalue weighted by Gasteiger charge is -2.26. The number of carbonyl (C=O) groups excluding carboxylic acids is 2. The standard InChI is InChI=1S/C15H20ClN3O3/c1-9(20)18-13-8-11(2-3-12(13)16)19-15(21)14(17)10-4-6-22-7-5-10/h2-3,8,10,14H,4-7,17H2,1H3,(H,18,20)(H,19,21). The molecule has 0 saturated carbocycles. The summed E-state index contributed by atoms with van der Waals surface area (Å²) in [5, 5.41) is 5.78. The quantitative estimate of drug-likeness (QED) is 0.789. The van der Waals surface area contributed by atoms with Gasteiger partial charge in [-0.1, -0.05) is 11.6 Å². The van der Waals surface area contributed by atoms with Crippen LogP contribution in [0.1, 0.15) is 19.8 Å². The van der Waals surface area contributed by atoms with E-state index >= 15 is 0 Å². The van der Waals surface area contributed by atoms with Gasteiger partial charge in [-0.3, -0.25) is 9.59 Å². The van der Waals surface area contributed by atoms with Gasteiger partial charge in [0.25, 0.3) is 0 Å². The Kier molecular flexibility index (Phi) is 5.76. The zero-order valence-electron chi connectivity index (χ0n) is 12.4. The molecule has 0 bridgehead atoms. The smallest absolute Gasteiger partial charge is 0.241 e. The Balaban J connectivity index is 2.02. The Hall–Kier alpha value is -1.63. The molecule has 1 heterocycles. The average Bonchev–Trinajstić information content (AvgIpc) is 2.50. The molecule has 0 aromatic heterocycles. The van der Waals surface area contributed by atoms with Gasteiger partial charge in [0.15, 0.2) is 0 Å². The SMILES string of the molecule is CC(=O)Nc1cc(NC(=O)C(N)C2CCOCC2)ccc1Cl. The number of ether oxygens (including phenoxy) is 1. The molecule has 22 heavy (non-hydrogen) atoms. The number of rotatable bonds is 4. The van der Waals surface area contributed by atoms with Crippen LogP contribution < -0.4 is 16.4 Å². The molecule has 2 amide bonds. The second-order valence-corrected chi connectivity index (χ2v) is 5.75. The molecule has 4 N–H and O–H groups in total. The van der Waals surface area contributed by atoms with Crippen molar-refractivity contribution in [2.75, 3.05) is 23.8 Å². The molecule has 1 atom stereocenters. The van der Waals surface area contributed by atoms with Crippen molar-refractivity contribution < 1.29 is 14.3 Å². The normalized spacial score (nSPS) is 16.9. The number of hydrogen-bond acceptors (Lipinski definition) is 4. The van der Waals surface area contributed by atoms with E-state index in [0.717, 1.165) is 12.8 Å². The van der Waals surface area contributed by atoms with Crippen LogP contribution in [0.25, 0.3) is 0 Å². The van der Waals surface area contributed by atoms with Crippen LogP contribution in [0.15, 0.2) is 18.2 Å². The molecule has 0 aliphatic carbocycles. The van der Waals surface area contributed by atoms with Crippen molar-refractivity contribution in [1.82, 2.24) is 0 Å². The van der Waals surface area contributed by atoms with E-state index in [9.17, 15) is 9.59 Å². The van der Waals surface area contributed by atoms with Crippen LogP contribution >= 0.6 is 11.6 Å². The summed E-state index contributed by atoms with van der Waals surface area (Å²) in [5.41, 5.74) is 7.02. The summed E-state index contributed by atoms with van der Waals surface area (Å²) >= 11 is 6.00. The highest BCUT2D eigenvalue weighted by atomic mass is 35.5. The van der Waals surface area contributed by atoms with E-state index in [-0.39, 0.29) is 17.7 Å². The van der Waals surface area contributed by atoms with E-state index < -0.39 is 6.04 Å². The fraction of sp³-hybridized carbons (Fsp3) is 0.467. The zero-order valence-corrected chi connectivity index (χ0v) is 13.2. The Labute approximate surface area is 134 Å². The number of carbonyl (C=O) groups is 2. The van der Waals surface area contributed by atoms with Gasteiger partial charge >= 0.3 is 0 Å². The molecule has 120 valence electrons. The predicted octanol–water partition coefficient (Wildman–Crippen LogP) is 1.99. The van der Waals surface area contributed by atoms with E-state index in [1.807, 2.05) is 0 Å². The van der Waals surface area contributed by atoms with E-state index in [2.05, 4.69) is 10.6 Å². The first kappa shape index (κ1) is 16.7. The molecule has 1 unspecified atom stereocenters. The molecular weight excluding hydrogens is 306 g/mol. The molecule has 1 aromatic rings. The highest BCUT2D eigenvalue weighted by molar-refractivity contribution is 6.33. The zero-order chi connectivity index (χ0) is 16.1. The number of nitrogens with two attached hydrogens (primary N) is 1. The first-order chi connectivity index (χ1) is 10.5. The molecule has 1 aliphatic rings. The fourth-order valence-corrected chi connectivity index (χ4v) is 2.57. The third-order valence-electron chi connectivity index (χ3n) is 3.62. The molecule has 6 nitrogen and oxygen atoms in total. The van der Waals surface area contributed by atoms with Crippen molar-refractivity contribution >= 4 is 34.8 Å². The van der Waals surface area contributed by atoms with E-state index in [1.54, 1.807) is 18.2 Å². The minimum Gasteiger partial charge on any atom is -0.381 e. The summed E-state index contributed by atoms with van der Waals surface area (Å²) in [7, 11) is 0. The molecule has 1 aromatic carbocycles.